The molecule has 6 nitrogen and oxygen atoms in total. The first-order valence-corrected chi connectivity index (χ1v) is 6.26. The van der Waals surface area contributed by atoms with E-state index >= 15 is 0 Å². The van der Waals surface area contributed by atoms with Gasteiger partial charge in [0.05, 0.1) is 0 Å². The van der Waals surface area contributed by atoms with E-state index in [-0.39, 0.29) is 5.82 Å². The zero-order valence-electron chi connectivity index (χ0n) is 11.1. The van der Waals surface area contributed by atoms with E-state index in [1.165, 1.54) is 12.4 Å². The number of aromatic nitrogens is 5. The van der Waals surface area contributed by atoms with E-state index in [1.54, 1.807) is 23.7 Å². The van der Waals surface area contributed by atoms with Gasteiger partial charge in [-0.1, -0.05) is 11.3 Å². The highest BCUT2D eigenvalue weighted by atomic mass is 19.1. The SMILES string of the molecule is CCn1nnc2c(Nc3ccc(C)c(F)c3)ncnc21. The van der Waals surface area contributed by atoms with Crippen LogP contribution in [0.2, 0.25) is 0 Å². The third-order valence-corrected chi connectivity index (χ3v) is 3.03. The molecule has 2 heterocycles. The Morgan fingerprint density at radius 2 is 2.15 bits per heavy atom. The Kier molecular flexibility index (Phi) is 3.02. The van der Waals surface area contributed by atoms with Crippen molar-refractivity contribution in [2.75, 3.05) is 5.32 Å². The van der Waals surface area contributed by atoms with E-state index in [0.717, 1.165) is 0 Å². The fraction of sp³-hybridized carbons (Fsp3) is 0.231. The summed E-state index contributed by atoms with van der Waals surface area (Å²) in [6.45, 7) is 4.35. The van der Waals surface area contributed by atoms with E-state index in [4.69, 9.17) is 0 Å². The fourth-order valence-electron chi connectivity index (χ4n) is 1.90. The Balaban J connectivity index is 2.02. The number of anilines is 2. The van der Waals surface area contributed by atoms with Crippen LogP contribution in [0.15, 0.2) is 24.5 Å². The smallest absolute Gasteiger partial charge is 0.183 e. The number of halogens is 1. The molecular formula is C13H13FN6. The molecule has 0 aliphatic carbocycles. The second kappa shape index (κ2) is 4.84. The highest BCUT2D eigenvalue weighted by molar-refractivity contribution is 5.84. The summed E-state index contributed by atoms with van der Waals surface area (Å²) in [5, 5.41) is 11.1. The lowest BCUT2D eigenvalue weighted by atomic mass is 10.2. The molecule has 102 valence electrons. The van der Waals surface area contributed by atoms with E-state index in [2.05, 4.69) is 25.6 Å². The van der Waals surface area contributed by atoms with Crippen LogP contribution < -0.4 is 5.32 Å². The largest absolute Gasteiger partial charge is 0.338 e. The summed E-state index contributed by atoms with van der Waals surface area (Å²) in [6, 6.07) is 4.92. The summed E-state index contributed by atoms with van der Waals surface area (Å²) in [5.41, 5.74) is 2.42. The van der Waals surface area contributed by atoms with Crippen LogP contribution in [0.5, 0.6) is 0 Å². The van der Waals surface area contributed by atoms with E-state index in [1.807, 2.05) is 6.92 Å². The minimum atomic E-state index is -0.266. The highest BCUT2D eigenvalue weighted by Gasteiger charge is 2.11. The molecule has 0 saturated heterocycles. The Morgan fingerprint density at radius 1 is 1.30 bits per heavy atom. The van der Waals surface area contributed by atoms with Gasteiger partial charge in [0, 0.05) is 12.2 Å². The Morgan fingerprint density at radius 3 is 2.90 bits per heavy atom. The molecule has 0 aliphatic heterocycles. The molecule has 0 radical (unpaired) electrons. The zero-order chi connectivity index (χ0) is 14.1. The third-order valence-electron chi connectivity index (χ3n) is 3.03. The van der Waals surface area contributed by atoms with Crippen LogP contribution in [0.4, 0.5) is 15.9 Å². The van der Waals surface area contributed by atoms with Gasteiger partial charge in [-0.15, -0.1) is 5.10 Å². The molecule has 1 aromatic carbocycles. The third kappa shape index (κ3) is 2.07. The first kappa shape index (κ1) is 12.5. The number of hydrogen-bond acceptors (Lipinski definition) is 5. The number of fused-ring (bicyclic) bond motifs is 1. The van der Waals surface area contributed by atoms with Gasteiger partial charge in [0.15, 0.2) is 17.0 Å². The van der Waals surface area contributed by atoms with Gasteiger partial charge in [-0.05, 0) is 31.5 Å². The topological polar surface area (TPSA) is 68.5 Å². The normalized spacial score (nSPS) is 10.9. The Labute approximate surface area is 114 Å². The van der Waals surface area contributed by atoms with Crippen LogP contribution in [0.25, 0.3) is 11.2 Å². The number of aryl methyl sites for hydroxylation is 2. The van der Waals surface area contributed by atoms with Gasteiger partial charge in [-0.25, -0.2) is 19.0 Å². The molecule has 0 fully saturated rings. The summed E-state index contributed by atoms with van der Waals surface area (Å²) >= 11 is 0. The maximum atomic E-state index is 13.5. The van der Waals surface area contributed by atoms with Crippen LogP contribution in [0, 0.1) is 12.7 Å². The van der Waals surface area contributed by atoms with Crippen molar-refractivity contribution in [3.05, 3.63) is 35.9 Å². The molecule has 1 N–H and O–H groups in total. The minimum Gasteiger partial charge on any atom is -0.338 e. The molecule has 0 saturated carbocycles. The monoisotopic (exact) mass is 272 g/mol. The maximum absolute atomic E-state index is 13.5. The number of hydrogen-bond donors (Lipinski definition) is 1. The number of rotatable bonds is 3. The molecule has 20 heavy (non-hydrogen) atoms. The lowest BCUT2D eigenvalue weighted by molar-refractivity contribution is 0.619. The molecular weight excluding hydrogens is 259 g/mol. The maximum Gasteiger partial charge on any atom is 0.183 e. The van der Waals surface area contributed by atoms with Crippen molar-refractivity contribution in [3.63, 3.8) is 0 Å². The van der Waals surface area contributed by atoms with Gasteiger partial charge >= 0.3 is 0 Å². The van der Waals surface area contributed by atoms with Crippen molar-refractivity contribution in [1.29, 1.82) is 0 Å². The van der Waals surface area contributed by atoms with Gasteiger partial charge in [-0.3, -0.25) is 0 Å². The number of benzene rings is 1. The highest BCUT2D eigenvalue weighted by Crippen LogP contribution is 2.22. The first-order valence-electron chi connectivity index (χ1n) is 6.26. The number of nitrogens with one attached hydrogen (secondary N) is 1. The van der Waals surface area contributed by atoms with Gasteiger partial charge in [0.2, 0.25) is 0 Å². The molecule has 3 aromatic rings. The van der Waals surface area contributed by atoms with Crippen molar-refractivity contribution in [3.8, 4) is 0 Å². The lowest BCUT2D eigenvalue weighted by Crippen LogP contribution is -1.99. The molecule has 0 spiro atoms. The summed E-state index contributed by atoms with van der Waals surface area (Å²) in [4.78, 5) is 8.30. The lowest BCUT2D eigenvalue weighted by Gasteiger charge is -2.06. The van der Waals surface area contributed by atoms with Crippen molar-refractivity contribution in [1.82, 2.24) is 25.0 Å². The molecule has 0 bridgehead atoms. The van der Waals surface area contributed by atoms with Crippen molar-refractivity contribution in [2.45, 2.75) is 20.4 Å². The van der Waals surface area contributed by atoms with E-state index in [0.29, 0.717) is 34.8 Å². The van der Waals surface area contributed by atoms with E-state index in [9.17, 15) is 4.39 Å². The summed E-state index contributed by atoms with van der Waals surface area (Å²) in [6.07, 6.45) is 1.44. The second-order valence-corrected chi connectivity index (χ2v) is 4.39. The van der Waals surface area contributed by atoms with Crippen LogP contribution in [0.1, 0.15) is 12.5 Å². The predicted octanol–water partition coefficient (Wildman–Crippen LogP) is 2.43. The molecule has 0 atom stereocenters. The van der Waals surface area contributed by atoms with Gasteiger partial charge in [0.25, 0.3) is 0 Å². The zero-order valence-corrected chi connectivity index (χ0v) is 11.1. The van der Waals surface area contributed by atoms with Crippen LogP contribution in [-0.4, -0.2) is 25.0 Å². The molecule has 7 heteroatoms. The number of nitrogens with zero attached hydrogens (tertiary/aromatic N) is 5. The first-order chi connectivity index (χ1) is 9.69. The van der Waals surface area contributed by atoms with Gasteiger partial charge < -0.3 is 5.32 Å². The standard InChI is InChI=1S/C13H13FN6/c1-3-20-13-11(18-19-20)12(15-7-16-13)17-9-5-4-8(2)10(14)6-9/h4-7H,3H2,1-2H3,(H,15,16,17). The summed E-state index contributed by atoms with van der Waals surface area (Å²) in [7, 11) is 0. The molecule has 0 aliphatic rings. The molecule has 0 unspecified atom stereocenters. The minimum absolute atomic E-state index is 0.266. The van der Waals surface area contributed by atoms with Crippen LogP contribution in [-0.2, 0) is 6.54 Å². The van der Waals surface area contributed by atoms with Crippen molar-refractivity contribution in [2.24, 2.45) is 0 Å². The quantitative estimate of drug-likeness (QED) is 0.793. The van der Waals surface area contributed by atoms with Crippen LogP contribution >= 0.6 is 0 Å². The molecule has 2 aromatic heterocycles. The van der Waals surface area contributed by atoms with Crippen LogP contribution in [0.3, 0.4) is 0 Å². The second-order valence-electron chi connectivity index (χ2n) is 4.39. The fourth-order valence-corrected chi connectivity index (χ4v) is 1.90. The molecule has 3 rings (SSSR count). The van der Waals surface area contributed by atoms with Crippen molar-refractivity contribution < 1.29 is 4.39 Å². The Bertz CT molecular complexity index is 767. The van der Waals surface area contributed by atoms with E-state index < -0.39 is 0 Å². The van der Waals surface area contributed by atoms with Gasteiger partial charge in [0.1, 0.15) is 12.1 Å². The summed E-state index contributed by atoms with van der Waals surface area (Å²) in [5.74, 6) is 0.246. The molecule has 0 amide bonds. The van der Waals surface area contributed by atoms with Gasteiger partial charge in [-0.2, -0.15) is 0 Å². The summed E-state index contributed by atoms with van der Waals surface area (Å²) < 4.78 is 15.2. The average molecular weight is 272 g/mol. The van der Waals surface area contributed by atoms with Crippen molar-refractivity contribution >= 4 is 22.7 Å². The Hall–Kier alpha value is -2.57. The average Bonchev–Trinajstić information content (AvgIpc) is 2.87. The predicted molar refractivity (Wildman–Crippen MR) is 73.2 cm³/mol.